The van der Waals surface area contributed by atoms with Crippen LogP contribution in [0.2, 0.25) is 0 Å². The Kier molecular flexibility index (Phi) is 5.31. The number of hydrogen-bond donors (Lipinski definition) is 2. The minimum atomic E-state index is -4.51. The van der Waals surface area contributed by atoms with E-state index in [1.807, 2.05) is 0 Å². The number of rotatable bonds is 6. The third-order valence-corrected chi connectivity index (χ3v) is 5.59. The van der Waals surface area contributed by atoms with Crippen molar-refractivity contribution in [2.45, 2.75) is 4.90 Å². The summed E-state index contributed by atoms with van der Waals surface area (Å²) in [6.45, 7) is 0. The predicted octanol–water partition coefficient (Wildman–Crippen LogP) is 3.54. The Labute approximate surface area is 165 Å². The molecule has 0 saturated carbocycles. The van der Waals surface area contributed by atoms with Crippen LogP contribution in [0.4, 0.5) is 11.4 Å². The van der Waals surface area contributed by atoms with Crippen molar-refractivity contribution in [1.29, 1.82) is 0 Å². The molecule has 2 N–H and O–H groups in total. The van der Waals surface area contributed by atoms with E-state index in [2.05, 4.69) is 0 Å². The van der Waals surface area contributed by atoms with Crippen LogP contribution in [0.15, 0.2) is 77.7 Å². The van der Waals surface area contributed by atoms with E-state index in [1.54, 1.807) is 12.1 Å². The van der Waals surface area contributed by atoms with Crippen molar-refractivity contribution < 1.29 is 28.4 Å². The molecule has 3 aromatic carbocycles. The lowest BCUT2D eigenvalue weighted by molar-refractivity contribution is -0.384. The maximum atomic E-state index is 12.8. The third kappa shape index (κ3) is 3.93. The molecule has 3 aromatic rings. The van der Waals surface area contributed by atoms with Gasteiger partial charge in [0, 0.05) is 12.1 Å². The van der Waals surface area contributed by atoms with Crippen molar-refractivity contribution in [3.63, 3.8) is 0 Å². The highest BCUT2D eigenvalue weighted by Crippen LogP contribution is 2.29. The molecule has 0 aliphatic heterocycles. The number of para-hydroxylation sites is 1. The summed E-state index contributed by atoms with van der Waals surface area (Å²) in [7, 11) is -4.51. The monoisotopic (exact) mass is 414 g/mol. The lowest BCUT2D eigenvalue weighted by atomic mass is 10.1. The Morgan fingerprint density at radius 2 is 1.55 bits per heavy atom. The summed E-state index contributed by atoms with van der Waals surface area (Å²) in [5, 5.41) is 30.5. The SMILES string of the molecule is O=C(O)c1ccccc1N(O)S(=O)(=O)c1cccc(-c2cccc([N+](=O)[O-])c2)c1. The number of carbonyl (C=O) groups is 1. The number of carboxylic acid groups (broad SMARTS) is 1. The van der Waals surface area contributed by atoms with Crippen molar-refractivity contribution in [3.8, 4) is 11.1 Å². The first kappa shape index (κ1) is 20.0. The molecule has 0 aliphatic rings. The summed E-state index contributed by atoms with van der Waals surface area (Å²) < 4.78 is 25.6. The van der Waals surface area contributed by atoms with Crippen LogP contribution in [-0.4, -0.2) is 29.6 Å². The van der Waals surface area contributed by atoms with Crippen LogP contribution in [0, 0.1) is 10.1 Å². The smallest absolute Gasteiger partial charge is 0.337 e. The second kappa shape index (κ2) is 7.70. The quantitative estimate of drug-likeness (QED) is 0.465. The second-order valence-electron chi connectivity index (χ2n) is 5.91. The van der Waals surface area contributed by atoms with Crippen LogP contribution in [0.1, 0.15) is 10.4 Å². The molecule has 0 spiro atoms. The van der Waals surface area contributed by atoms with Gasteiger partial charge < -0.3 is 5.11 Å². The van der Waals surface area contributed by atoms with Crippen molar-refractivity contribution >= 4 is 27.4 Å². The van der Waals surface area contributed by atoms with Crippen molar-refractivity contribution in [2.24, 2.45) is 0 Å². The fraction of sp³-hybridized carbons (Fsp3) is 0. The molecule has 0 aliphatic carbocycles. The number of nitrogens with zero attached hydrogens (tertiary/aromatic N) is 2. The van der Waals surface area contributed by atoms with Crippen LogP contribution < -0.4 is 4.47 Å². The fourth-order valence-corrected chi connectivity index (χ4v) is 3.83. The molecule has 0 bridgehead atoms. The van der Waals surface area contributed by atoms with E-state index in [1.165, 1.54) is 48.5 Å². The number of benzene rings is 3. The van der Waals surface area contributed by atoms with Gasteiger partial charge in [-0.3, -0.25) is 15.3 Å². The number of hydrogen-bond acceptors (Lipinski definition) is 6. The van der Waals surface area contributed by atoms with Gasteiger partial charge in [0.05, 0.1) is 21.1 Å². The average Bonchev–Trinajstić information content (AvgIpc) is 2.73. The molecule has 0 fully saturated rings. The van der Waals surface area contributed by atoms with E-state index in [0.717, 1.165) is 12.1 Å². The molecule has 9 nitrogen and oxygen atoms in total. The molecule has 0 radical (unpaired) electrons. The fourth-order valence-electron chi connectivity index (χ4n) is 2.69. The number of non-ortho nitro benzene ring substituents is 1. The molecule has 10 heteroatoms. The molecule has 0 heterocycles. The Bertz CT molecular complexity index is 1210. The number of carboxylic acids is 1. The van der Waals surface area contributed by atoms with Gasteiger partial charge in [-0.2, -0.15) is 8.42 Å². The standard InChI is InChI=1S/C19H14N2O7S/c22-19(23)17-9-1-2-10-18(17)21(26)29(27,28)16-8-4-6-14(12-16)13-5-3-7-15(11-13)20(24)25/h1-12,26H,(H,22,23). The molecule has 0 aromatic heterocycles. The molecule has 0 saturated heterocycles. The summed E-state index contributed by atoms with van der Waals surface area (Å²) in [6.07, 6.45) is 0. The van der Waals surface area contributed by atoms with Gasteiger partial charge in [-0.15, -0.1) is 4.47 Å². The van der Waals surface area contributed by atoms with Gasteiger partial charge in [0.15, 0.2) is 0 Å². The first-order valence-corrected chi connectivity index (χ1v) is 9.57. The first-order chi connectivity index (χ1) is 13.7. The Morgan fingerprint density at radius 3 is 2.21 bits per heavy atom. The van der Waals surface area contributed by atoms with Crippen LogP contribution in [-0.2, 0) is 10.0 Å². The molecule has 0 unspecified atom stereocenters. The topological polar surface area (TPSA) is 138 Å². The Balaban J connectivity index is 2.05. The van der Waals surface area contributed by atoms with Crippen molar-refractivity contribution in [3.05, 3.63) is 88.5 Å². The zero-order valence-corrected chi connectivity index (χ0v) is 15.5. The van der Waals surface area contributed by atoms with E-state index in [0.29, 0.717) is 11.1 Å². The van der Waals surface area contributed by atoms with Gasteiger partial charge in [-0.25, -0.2) is 4.79 Å². The number of sulfonamides is 1. The minimum absolute atomic E-state index is 0.0942. The largest absolute Gasteiger partial charge is 0.478 e. The summed E-state index contributed by atoms with van der Waals surface area (Å²) in [4.78, 5) is 21.4. The van der Waals surface area contributed by atoms with Gasteiger partial charge in [0.2, 0.25) is 0 Å². The van der Waals surface area contributed by atoms with E-state index in [9.17, 15) is 33.6 Å². The van der Waals surface area contributed by atoms with E-state index in [-0.39, 0.29) is 15.1 Å². The highest BCUT2D eigenvalue weighted by atomic mass is 32.2. The summed E-state index contributed by atoms with van der Waals surface area (Å²) >= 11 is 0. The van der Waals surface area contributed by atoms with Gasteiger partial charge >= 0.3 is 5.97 Å². The number of nitro groups is 1. The molecule has 29 heavy (non-hydrogen) atoms. The van der Waals surface area contributed by atoms with Gasteiger partial charge in [0.1, 0.15) is 0 Å². The highest BCUT2D eigenvalue weighted by molar-refractivity contribution is 7.92. The lowest BCUT2D eigenvalue weighted by Crippen LogP contribution is -2.28. The normalized spacial score (nSPS) is 11.1. The third-order valence-electron chi connectivity index (χ3n) is 4.09. The van der Waals surface area contributed by atoms with Crippen LogP contribution in [0.3, 0.4) is 0 Å². The zero-order chi connectivity index (χ0) is 21.2. The number of aromatic carboxylic acids is 1. The van der Waals surface area contributed by atoms with Gasteiger partial charge in [-0.05, 0) is 35.4 Å². The maximum Gasteiger partial charge on any atom is 0.337 e. The van der Waals surface area contributed by atoms with E-state index >= 15 is 0 Å². The van der Waals surface area contributed by atoms with E-state index in [4.69, 9.17) is 0 Å². The Morgan fingerprint density at radius 1 is 0.931 bits per heavy atom. The molecular weight excluding hydrogens is 400 g/mol. The number of anilines is 1. The summed E-state index contributed by atoms with van der Waals surface area (Å²) in [6, 6.07) is 16.2. The maximum absolute atomic E-state index is 12.8. The van der Waals surface area contributed by atoms with Gasteiger partial charge in [-0.1, -0.05) is 36.4 Å². The Hall–Kier alpha value is -3.76. The van der Waals surface area contributed by atoms with Gasteiger partial charge in [0.25, 0.3) is 15.7 Å². The molecule has 3 rings (SSSR count). The van der Waals surface area contributed by atoms with Crippen LogP contribution >= 0.6 is 0 Å². The van der Waals surface area contributed by atoms with Crippen LogP contribution in [0.5, 0.6) is 0 Å². The summed E-state index contributed by atoms with van der Waals surface area (Å²) in [5.41, 5.74) is -0.189. The second-order valence-corrected chi connectivity index (χ2v) is 7.67. The average molecular weight is 414 g/mol. The van der Waals surface area contributed by atoms with E-state index < -0.39 is 32.2 Å². The molecule has 0 atom stereocenters. The van der Waals surface area contributed by atoms with Crippen molar-refractivity contribution in [2.75, 3.05) is 4.47 Å². The van der Waals surface area contributed by atoms with Crippen molar-refractivity contribution in [1.82, 2.24) is 0 Å². The lowest BCUT2D eigenvalue weighted by Gasteiger charge is -2.19. The zero-order valence-electron chi connectivity index (χ0n) is 14.7. The first-order valence-electron chi connectivity index (χ1n) is 8.13. The molecule has 0 amide bonds. The highest BCUT2D eigenvalue weighted by Gasteiger charge is 2.27. The summed E-state index contributed by atoms with van der Waals surface area (Å²) in [5.74, 6) is -1.40. The molecule has 148 valence electrons. The minimum Gasteiger partial charge on any atom is -0.478 e. The number of nitro benzene ring substituents is 1. The predicted molar refractivity (Wildman–Crippen MR) is 103 cm³/mol. The molecular formula is C19H14N2O7S. The van der Waals surface area contributed by atoms with Crippen LogP contribution in [0.25, 0.3) is 11.1 Å².